The van der Waals surface area contributed by atoms with Crippen molar-refractivity contribution in [1.29, 1.82) is 0 Å². The average Bonchev–Trinajstić information content (AvgIpc) is 2.59. The van der Waals surface area contributed by atoms with Crippen LogP contribution in [-0.2, 0) is 9.53 Å². The summed E-state index contributed by atoms with van der Waals surface area (Å²) in [5.41, 5.74) is 4.04. The third-order valence-corrected chi connectivity index (χ3v) is 5.49. The Morgan fingerprint density at radius 3 is 2.56 bits per heavy atom. The maximum Gasteiger partial charge on any atom is 0.262 e. The summed E-state index contributed by atoms with van der Waals surface area (Å²) in [6.07, 6.45) is 0. The third kappa shape index (κ3) is 3.53. The van der Waals surface area contributed by atoms with E-state index in [1.54, 1.807) is 6.07 Å². The summed E-state index contributed by atoms with van der Waals surface area (Å²) < 4.78 is 6.49. The van der Waals surface area contributed by atoms with Crippen molar-refractivity contribution in [1.82, 2.24) is 5.32 Å². The van der Waals surface area contributed by atoms with E-state index in [9.17, 15) is 9.59 Å². The number of rotatable bonds is 5. The number of carbonyl (C=O) groups is 2. The topological polar surface area (TPSA) is 81.4 Å². The number of amides is 2. The molecule has 0 aliphatic heterocycles. The van der Waals surface area contributed by atoms with Crippen molar-refractivity contribution in [2.45, 2.75) is 12.5 Å². The minimum Gasteiger partial charge on any atom is -0.382 e. The first-order chi connectivity index (χ1) is 8.30. The summed E-state index contributed by atoms with van der Waals surface area (Å²) in [6.45, 7) is 1.54. The number of carbonyl (C=O) groups excluding carboxylic acids is 2. The lowest BCUT2D eigenvalue weighted by molar-refractivity contribution is -0.125. The zero-order valence-electron chi connectivity index (χ0n) is 9.75. The molecule has 0 aliphatic rings. The molecular formula is C10H12Br2N2O3S. The van der Waals surface area contributed by atoms with Crippen LogP contribution in [0.3, 0.4) is 0 Å². The predicted octanol–water partition coefficient (Wildman–Crippen LogP) is 1.89. The van der Waals surface area contributed by atoms with E-state index in [0.29, 0.717) is 4.88 Å². The van der Waals surface area contributed by atoms with E-state index in [2.05, 4.69) is 37.2 Å². The van der Waals surface area contributed by atoms with E-state index < -0.39 is 11.4 Å². The van der Waals surface area contributed by atoms with Gasteiger partial charge in [0.2, 0.25) is 5.91 Å². The van der Waals surface area contributed by atoms with Crippen LogP contribution in [0.4, 0.5) is 0 Å². The van der Waals surface area contributed by atoms with Crippen LogP contribution < -0.4 is 11.1 Å². The Balaban J connectivity index is 2.88. The lowest BCUT2D eigenvalue weighted by atomic mass is 10.0. The summed E-state index contributed by atoms with van der Waals surface area (Å²) in [4.78, 5) is 23.8. The maximum absolute atomic E-state index is 12.0. The van der Waals surface area contributed by atoms with Gasteiger partial charge in [-0.2, -0.15) is 0 Å². The first kappa shape index (κ1) is 15.6. The first-order valence-electron chi connectivity index (χ1n) is 4.86. The average molecular weight is 400 g/mol. The van der Waals surface area contributed by atoms with Crippen LogP contribution in [0.1, 0.15) is 16.6 Å². The standard InChI is InChI=1S/C10H12Br2N2O3S/c1-10(4-17-2,9(13)16)14-8(15)6-3-5(11)7(12)18-6/h3H,4H2,1-2H3,(H2,13,16)(H,14,15). The predicted molar refractivity (Wildman–Crippen MR) is 76.7 cm³/mol. The summed E-state index contributed by atoms with van der Waals surface area (Å²) in [5, 5.41) is 2.58. The number of primary amides is 1. The molecule has 0 fully saturated rings. The van der Waals surface area contributed by atoms with Crippen molar-refractivity contribution in [3.8, 4) is 0 Å². The number of hydrogen-bond donors (Lipinski definition) is 2. The minimum atomic E-state index is -1.23. The Morgan fingerprint density at radius 2 is 2.17 bits per heavy atom. The van der Waals surface area contributed by atoms with Gasteiger partial charge >= 0.3 is 0 Å². The van der Waals surface area contributed by atoms with Gasteiger partial charge in [-0.15, -0.1) is 11.3 Å². The van der Waals surface area contributed by atoms with E-state index in [1.807, 2.05) is 0 Å². The molecule has 2 amide bonds. The SMILES string of the molecule is COCC(C)(NC(=O)c1cc(Br)c(Br)s1)C(N)=O. The van der Waals surface area contributed by atoms with Gasteiger partial charge in [0.05, 0.1) is 15.3 Å². The number of nitrogens with one attached hydrogen (secondary N) is 1. The van der Waals surface area contributed by atoms with E-state index in [0.717, 1.165) is 8.26 Å². The summed E-state index contributed by atoms with van der Waals surface area (Å²) in [5.74, 6) is -1.02. The maximum atomic E-state index is 12.0. The number of ether oxygens (including phenoxy) is 1. The Bertz CT molecular complexity index is 458. The van der Waals surface area contributed by atoms with Crippen LogP contribution in [0.15, 0.2) is 14.3 Å². The number of thiophene rings is 1. The van der Waals surface area contributed by atoms with Crippen molar-refractivity contribution in [2.75, 3.05) is 13.7 Å². The van der Waals surface area contributed by atoms with E-state index >= 15 is 0 Å². The van der Waals surface area contributed by atoms with Gasteiger partial charge in [-0.25, -0.2) is 0 Å². The number of nitrogens with two attached hydrogens (primary N) is 1. The highest BCUT2D eigenvalue weighted by Gasteiger charge is 2.33. The van der Waals surface area contributed by atoms with Crippen LogP contribution in [-0.4, -0.2) is 31.1 Å². The van der Waals surface area contributed by atoms with Crippen molar-refractivity contribution in [2.24, 2.45) is 5.73 Å². The zero-order valence-corrected chi connectivity index (χ0v) is 13.7. The van der Waals surface area contributed by atoms with Gasteiger partial charge < -0.3 is 15.8 Å². The molecule has 1 aromatic heterocycles. The van der Waals surface area contributed by atoms with Crippen molar-refractivity contribution >= 4 is 55.0 Å². The molecule has 1 unspecified atom stereocenters. The molecule has 100 valence electrons. The summed E-state index contributed by atoms with van der Waals surface area (Å²) in [7, 11) is 1.44. The van der Waals surface area contributed by atoms with Gasteiger partial charge in [0, 0.05) is 11.6 Å². The molecule has 3 N–H and O–H groups in total. The monoisotopic (exact) mass is 398 g/mol. The van der Waals surface area contributed by atoms with Gasteiger partial charge in [0.15, 0.2) is 0 Å². The molecule has 0 spiro atoms. The lowest BCUT2D eigenvalue weighted by Crippen LogP contribution is -2.58. The van der Waals surface area contributed by atoms with Gasteiger partial charge in [0.1, 0.15) is 5.54 Å². The van der Waals surface area contributed by atoms with Gasteiger partial charge in [-0.3, -0.25) is 9.59 Å². The zero-order chi connectivity index (χ0) is 13.9. The van der Waals surface area contributed by atoms with Crippen molar-refractivity contribution < 1.29 is 14.3 Å². The molecule has 5 nitrogen and oxygen atoms in total. The van der Waals surface area contributed by atoms with E-state index in [1.165, 1.54) is 25.4 Å². The summed E-state index contributed by atoms with van der Waals surface area (Å²) >= 11 is 7.85. The fourth-order valence-electron chi connectivity index (χ4n) is 1.23. The fourth-order valence-corrected chi connectivity index (χ4v) is 3.16. The Morgan fingerprint density at radius 1 is 1.56 bits per heavy atom. The van der Waals surface area contributed by atoms with Crippen LogP contribution >= 0.6 is 43.2 Å². The fraction of sp³-hybridized carbons (Fsp3) is 0.400. The largest absolute Gasteiger partial charge is 0.382 e. The van der Waals surface area contributed by atoms with Crippen LogP contribution in [0.25, 0.3) is 0 Å². The molecule has 0 radical (unpaired) electrons. The molecular weight excluding hydrogens is 388 g/mol. The van der Waals surface area contributed by atoms with Crippen molar-refractivity contribution in [3.05, 3.63) is 19.2 Å². The highest BCUT2D eigenvalue weighted by atomic mass is 79.9. The second-order valence-corrected chi connectivity index (χ2v) is 7.04. The van der Waals surface area contributed by atoms with Gasteiger partial charge in [0.25, 0.3) is 5.91 Å². The van der Waals surface area contributed by atoms with Crippen LogP contribution in [0.5, 0.6) is 0 Å². The van der Waals surface area contributed by atoms with Crippen LogP contribution in [0, 0.1) is 0 Å². The van der Waals surface area contributed by atoms with Crippen molar-refractivity contribution in [3.63, 3.8) is 0 Å². The molecule has 1 heterocycles. The summed E-state index contributed by atoms with van der Waals surface area (Å²) in [6, 6.07) is 1.66. The minimum absolute atomic E-state index is 0.0157. The molecule has 0 bridgehead atoms. The normalized spacial score (nSPS) is 14.0. The van der Waals surface area contributed by atoms with E-state index in [4.69, 9.17) is 10.5 Å². The third-order valence-electron chi connectivity index (χ3n) is 2.24. The Hall–Kier alpha value is -0.440. The highest BCUT2D eigenvalue weighted by molar-refractivity contribution is 9.13. The lowest BCUT2D eigenvalue weighted by Gasteiger charge is -2.26. The number of methoxy groups -OCH3 is 1. The molecule has 0 saturated heterocycles. The second-order valence-electron chi connectivity index (χ2n) is 3.82. The van der Waals surface area contributed by atoms with Crippen LogP contribution in [0.2, 0.25) is 0 Å². The Kier molecular flexibility index (Phi) is 5.32. The number of halogens is 2. The smallest absolute Gasteiger partial charge is 0.262 e. The van der Waals surface area contributed by atoms with Gasteiger partial charge in [-0.1, -0.05) is 0 Å². The molecule has 18 heavy (non-hydrogen) atoms. The molecule has 1 atom stereocenters. The molecule has 0 saturated carbocycles. The molecule has 1 aromatic rings. The first-order valence-corrected chi connectivity index (χ1v) is 7.26. The molecule has 0 aromatic carbocycles. The molecule has 8 heteroatoms. The molecule has 0 aliphatic carbocycles. The number of hydrogen-bond acceptors (Lipinski definition) is 4. The quantitative estimate of drug-likeness (QED) is 0.793. The van der Waals surface area contributed by atoms with Gasteiger partial charge in [-0.05, 0) is 44.8 Å². The van der Waals surface area contributed by atoms with E-state index in [-0.39, 0.29) is 12.5 Å². The highest BCUT2D eigenvalue weighted by Crippen LogP contribution is 2.32. The second kappa shape index (κ2) is 6.14. The molecule has 1 rings (SSSR count). The Labute approximate surface area is 125 Å².